The van der Waals surface area contributed by atoms with Gasteiger partial charge in [0, 0.05) is 42.6 Å². The monoisotopic (exact) mass is 541 g/mol. The number of imidazole rings is 1. The number of aryl methyl sites for hydroxylation is 1. The highest BCUT2D eigenvalue weighted by molar-refractivity contribution is 6.01. The van der Waals surface area contributed by atoms with Gasteiger partial charge in [-0.3, -0.25) is 9.48 Å². The number of hydrogen-bond donors (Lipinski definition) is 0. The zero-order valence-electron chi connectivity index (χ0n) is 22.2. The highest BCUT2D eigenvalue weighted by atomic mass is 19.1. The van der Waals surface area contributed by atoms with E-state index in [2.05, 4.69) is 5.10 Å². The van der Waals surface area contributed by atoms with Crippen molar-refractivity contribution in [2.45, 2.75) is 31.0 Å². The zero-order valence-corrected chi connectivity index (χ0v) is 22.2. The van der Waals surface area contributed by atoms with Gasteiger partial charge in [-0.1, -0.05) is 24.3 Å². The molecule has 0 saturated carbocycles. The summed E-state index contributed by atoms with van der Waals surface area (Å²) in [7, 11) is 1.83. The maximum Gasteiger partial charge on any atom is 0.253 e. The fraction of sp³-hybridized carbons (Fsp3) is 0.323. The van der Waals surface area contributed by atoms with Gasteiger partial charge in [0.2, 0.25) is 0 Å². The van der Waals surface area contributed by atoms with Crippen molar-refractivity contribution < 1.29 is 18.3 Å². The Labute approximate surface area is 230 Å². The van der Waals surface area contributed by atoms with E-state index < -0.39 is 5.67 Å². The van der Waals surface area contributed by atoms with E-state index in [1.165, 1.54) is 12.1 Å². The first kappa shape index (κ1) is 24.9. The number of benzene rings is 3. The van der Waals surface area contributed by atoms with Gasteiger partial charge in [0.25, 0.3) is 5.91 Å². The molecule has 2 aliphatic heterocycles. The van der Waals surface area contributed by atoms with Crippen LogP contribution in [0.5, 0.6) is 0 Å². The van der Waals surface area contributed by atoms with Crippen molar-refractivity contribution in [3.05, 3.63) is 83.9 Å². The second-order valence-electron chi connectivity index (χ2n) is 11.0. The molecule has 0 spiro atoms. The first-order chi connectivity index (χ1) is 19.4. The minimum atomic E-state index is -1.37. The van der Waals surface area contributed by atoms with Crippen LogP contribution in [0.2, 0.25) is 0 Å². The minimum Gasteiger partial charge on any atom is -0.374 e. The summed E-state index contributed by atoms with van der Waals surface area (Å²) in [4.78, 5) is 20.3. The summed E-state index contributed by atoms with van der Waals surface area (Å²) in [5.74, 6) is 0.674. The average Bonchev–Trinajstić information content (AvgIpc) is 3.49. The second kappa shape index (κ2) is 9.52. The number of likely N-dealkylation sites (tertiary alicyclic amines) is 1. The zero-order chi connectivity index (χ0) is 27.4. The predicted octanol–water partition coefficient (Wildman–Crippen LogP) is 5.49. The van der Waals surface area contributed by atoms with Gasteiger partial charge >= 0.3 is 0 Å². The lowest BCUT2D eigenvalue weighted by Crippen LogP contribution is -2.49. The number of fused-ring (bicyclic) bond motifs is 2. The Morgan fingerprint density at radius 2 is 1.82 bits per heavy atom. The van der Waals surface area contributed by atoms with Crippen molar-refractivity contribution in [3.63, 3.8) is 0 Å². The molecule has 2 aromatic heterocycles. The Balaban J connectivity index is 1.11. The number of para-hydroxylation sites is 2. The van der Waals surface area contributed by atoms with Crippen LogP contribution in [-0.4, -0.2) is 62.1 Å². The smallest absolute Gasteiger partial charge is 0.253 e. The Morgan fingerprint density at radius 1 is 1.02 bits per heavy atom. The number of ether oxygens (including phenoxy) is 1. The van der Waals surface area contributed by atoms with Gasteiger partial charge < -0.3 is 14.2 Å². The summed E-state index contributed by atoms with van der Waals surface area (Å²) in [6.45, 7) is 1.63. The van der Waals surface area contributed by atoms with E-state index in [9.17, 15) is 9.18 Å². The molecular formula is C31H29F2N5O2. The lowest BCUT2D eigenvalue weighted by atomic mass is 9.94. The third kappa shape index (κ3) is 4.25. The van der Waals surface area contributed by atoms with Crippen molar-refractivity contribution in [1.82, 2.24) is 24.2 Å². The van der Waals surface area contributed by atoms with Crippen LogP contribution in [0.15, 0.2) is 66.7 Å². The quantitative estimate of drug-likeness (QED) is 0.295. The Kier molecular flexibility index (Phi) is 5.92. The van der Waals surface area contributed by atoms with Crippen molar-refractivity contribution in [3.8, 4) is 11.3 Å². The second-order valence-corrected chi connectivity index (χ2v) is 11.0. The van der Waals surface area contributed by atoms with E-state index in [0.717, 1.165) is 40.6 Å². The number of amides is 1. The van der Waals surface area contributed by atoms with Crippen LogP contribution in [0.4, 0.5) is 8.78 Å². The number of nitrogens with zero attached hydrogens (tertiary/aromatic N) is 5. The van der Waals surface area contributed by atoms with Crippen LogP contribution in [0.3, 0.4) is 0 Å². The number of carbonyl (C=O) groups excluding carboxylic acids is 1. The maximum absolute atomic E-state index is 15.1. The van der Waals surface area contributed by atoms with Crippen molar-refractivity contribution in [2.75, 3.05) is 26.3 Å². The Morgan fingerprint density at radius 3 is 2.58 bits per heavy atom. The number of halogens is 2. The van der Waals surface area contributed by atoms with Crippen LogP contribution in [-0.2, 0) is 18.3 Å². The van der Waals surface area contributed by atoms with E-state index >= 15 is 4.39 Å². The summed E-state index contributed by atoms with van der Waals surface area (Å²) < 4.78 is 37.8. The van der Waals surface area contributed by atoms with E-state index in [0.29, 0.717) is 29.9 Å². The maximum atomic E-state index is 15.1. The molecule has 40 heavy (non-hydrogen) atoms. The van der Waals surface area contributed by atoms with Crippen LogP contribution >= 0.6 is 0 Å². The van der Waals surface area contributed by atoms with Crippen LogP contribution in [0.1, 0.15) is 34.9 Å². The average molecular weight is 542 g/mol. The molecule has 0 atom stereocenters. The molecule has 3 aromatic carbocycles. The molecule has 0 bridgehead atoms. The number of aromatic nitrogens is 4. The summed E-state index contributed by atoms with van der Waals surface area (Å²) in [5, 5.41) is 5.47. The van der Waals surface area contributed by atoms with E-state index in [-0.39, 0.29) is 37.4 Å². The molecule has 0 aliphatic carbocycles. The molecule has 0 N–H and O–H groups in total. The third-order valence-electron chi connectivity index (χ3n) is 8.19. The first-order valence-electron chi connectivity index (χ1n) is 13.6. The molecule has 5 aromatic rings. The van der Waals surface area contributed by atoms with Gasteiger partial charge in [-0.05, 0) is 55.3 Å². The highest BCUT2D eigenvalue weighted by Crippen LogP contribution is 2.34. The summed E-state index contributed by atoms with van der Waals surface area (Å²) in [5.41, 5.74) is 3.21. The SMILES string of the molecule is Cn1nc(-c2cccc(F)c2)c2ccc(C(=O)N3CCC(c4nc5ccccc5n4CC4(F)COC4)CC3)cc21. The molecule has 4 heterocycles. The van der Waals surface area contributed by atoms with Crippen molar-refractivity contribution >= 4 is 27.8 Å². The highest BCUT2D eigenvalue weighted by Gasteiger charge is 2.41. The van der Waals surface area contributed by atoms with E-state index in [4.69, 9.17) is 9.72 Å². The van der Waals surface area contributed by atoms with Gasteiger partial charge in [0.1, 0.15) is 17.3 Å². The van der Waals surface area contributed by atoms with Gasteiger partial charge in [-0.15, -0.1) is 0 Å². The van der Waals surface area contributed by atoms with Gasteiger partial charge in [-0.25, -0.2) is 13.8 Å². The first-order valence-corrected chi connectivity index (χ1v) is 13.6. The molecule has 7 nitrogen and oxygen atoms in total. The van der Waals surface area contributed by atoms with E-state index in [1.54, 1.807) is 10.7 Å². The van der Waals surface area contributed by atoms with Gasteiger partial charge in [-0.2, -0.15) is 5.10 Å². The third-order valence-corrected chi connectivity index (χ3v) is 8.19. The minimum absolute atomic E-state index is 0.0308. The lowest BCUT2D eigenvalue weighted by molar-refractivity contribution is -0.137. The topological polar surface area (TPSA) is 65.2 Å². The molecule has 1 amide bonds. The molecule has 9 heteroatoms. The number of alkyl halides is 1. The van der Waals surface area contributed by atoms with Gasteiger partial charge in [0.15, 0.2) is 5.67 Å². The molecule has 2 fully saturated rings. The number of hydrogen-bond acceptors (Lipinski definition) is 4. The summed E-state index contributed by atoms with van der Waals surface area (Å²) >= 11 is 0. The van der Waals surface area contributed by atoms with E-state index in [1.807, 2.05) is 65.0 Å². The van der Waals surface area contributed by atoms with Gasteiger partial charge in [0.05, 0.1) is 36.3 Å². The van der Waals surface area contributed by atoms with Crippen LogP contribution in [0, 0.1) is 5.82 Å². The lowest BCUT2D eigenvalue weighted by Gasteiger charge is -2.36. The molecule has 0 unspecified atom stereocenters. The molecule has 2 aliphatic rings. The number of piperidine rings is 1. The number of rotatable bonds is 5. The molecule has 7 rings (SSSR count). The summed E-state index contributed by atoms with van der Waals surface area (Å²) in [6, 6.07) is 19.8. The summed E-state index contributed by atoms with van der Waals surface area (Å²) in [6.07, 6.45) is 1.51. The fourth-order valence-corrected chi connectivity index (χ4v) is 6.03. The molecular weight excluding hydrogens is 512 g/mol. The Hall–Kier alpha value is -4.11. The molecule has 0 radical (unpaired) electrons. The van der Waals surface area contributed by atoms with Crippen LogP contribution < -0.4 is 0 Å². The number of carbonyl (C=O) groups is 1. The van der Waals surface area contributed by atoms with Crippen LogP contribution in [0.25, 0.3) is 33.2 Å². The standard InChI is InChI=1S/C31H29F2N5O2/c1-36-27-16-22(9-10-24(27)28(35-36)21-5-4-6-23(32)15-21)30(39)37-13-11-20(12-14-37)29-34-25-7-2-3-8-26(25)38(29)17-31(33)18-40-19-31/h2-10,15-16,20H,11-14,17-19H2,1H3. The fourth-order valence-electron chi connectivity index (χ4n) is 6.03. The van der Waals surface area contributed by atoms with Crippen molar-refractivity contribution in [1.29, 1.82) is 0 Å². The largest absolute Gasteiger partial charge is 0.374 e. The molecule has 2 saturated heterocycles. The Bertz CT molecular complexity index is 1750. The predicted molar refractivity (Wildman–Crippen MR) is 148 cm³/mol. The van der Waals surface area contributed by atoms with Crippen molar-refractivity contribution in [2.24, 2.45) is 7.05 Å². The molecule has 204 valence electrons. The normalized spacial score (nSPS) is 17.4.